The van der Waals surface area contributed by atoms with Gasteiger partial charge in [-0.05, 0) is 18.2 Å². The Morgan fingerprint density at radius 3 is 2.91 bits per heavy atom. The van der Waals surface area contributed by atoms with Gasteiger partial charge in [0.15, 0.2) is 5.78 Å². The van der Waals surface area contributed by atoms with Crippen molar-refractivity contribution in [2.24, 2.45) is 0 Å². The summed E-state index contributed by atoms with van der Waals surface area (Å²) < 4.78 is 29.0. The van der Waals surface area contributed by atoms with E-state index in [1.54, 1.807) is 42.7 Å². The van der Waals surface area contributed by atoms with Crippen LogP contribution >= 0.6 is 11.6 Å². The van der Waals surface area contributed by atoms with Crippen molar-refractivity contribution in [2.75, 3.05) is 6.54 Å². The van der Waals surface area contributed by atoms with E-state index in [0.717, 1.165) is 4.90 Å². The van der Waals surface area contributed by atoms with Crippen LogP contribution in [0.5, 0.6) is 0 Å². The predicted molar refractivity (Wildman–Crippen MR) is 118 cm³/mol. The summed E-state index contributed by atoms with van der Waals surface area (Å²) in [4.78, 5) is 34.5. The number of hydrogen-bond donors (Lipinski definition) is 0. The number of aromatic nitrogens is 3. The molecule has 0 unspecified atom stereocenters. The molecule has 0 aliphatic carbocycles. The first kappa shape index (κ1) is 22.6. The molecule has 0 radical (unpaired) electrons. The van der Waals surface area contributed by atoms with Crippen LogP contribution in [-0.4, -0.2) is 49.5 Å². The van der Waals surface area contributed by atoms with Crippen LogP contribution in [0.2, 0.25) is 5.02 Å². The quantitative estimate of drug-likeness (QED) is 0.502. The smallest absolute Gasteiger partial charge is 0.268 e. The van der Waals surface area contributed by atoms with E-state index in [1.807, 2.05) is 4.40 Å². The Bertz CT molecular complexity index is 1300. The van der Waals surface area contributed by atoms with Gasteiger partial charge in [-0.15, -0.1) is 0 Å². The summed E-state index contributed by atoms with van der Waals surface area (Å²) >= 11 is 5.98. The van der Waals surface area contributed by atoms with Crippen LogP contribution in [0, 0.1) is 11.3 Å². The number of carbonyl (C=O) groups is 2. The van der Waals surface area contributed by atoms with Crippen LogP contribution in [0.4, 0.5) is 8.78 Å². The molecule has 1 atom stereocenters. The van der Waals surface area contributed by atoms with Crippen molar-refractivity contribution in [3.05, 3.63) is 64.8 Å². The number of Topliss-reactive ketones (excluding diaryl/α,β-unsaturated/α-hetero) is 1. The van der Waals surface area contributed by atoms with E-state index in [9.17, 15) is 18.4 Å². The molecule has 4 heterocycles. The summed E-state index contributed by atoms with van der Waals surface area (Å²) in [7, 11) is 0. The standard InChI is InChI=1S/C23H18ClF2N5O2/c24-16-6-8-30-13-17(29-21(30)9-16)2-1-15-12-28-7-5-19(15)20(32)3-4-22(33)31-14-23(25,26)10-18(31)11-27/h1-2,5-9,12-13,18H,3-4,10,14H2/b2-1+/t18-/m0/s1. The van der Waals surface area contributed by atoms with Crippen LogP contribution < -0.4 is 0 Å². The van der Waals surface area contributed by atoms with Gasteiger partial charge in [-0.1, -0.05) is 17.7 Å². The Balaban J connectivity index is 1.45. The minimum atomic E-state index is -3.09. The van der Waals surface area contributed by atoms with Gasteiger partial charge in [0, 0.05) is 66.3 Å². The first-order valence-corrected chi connectivity index (χ1v) is 10.5. The number of alkyl halides is 2. The third kappa shape index (κ3) is 5.07. The highest BCUT2D eigenvalue weighted by atomic mass is 35.5. The number of nitrogens with zero attached hydrogens (tertiary/aromatic N) is 5. The van der Waals surface area contributed by atoms with Crippen LogP contribution in [0.1, 0.15) is 40.9 Å². The van der Waals surface area contributed by atoms with Crippen molar-refractivity contribution in [1.82, 2.24) is 19.3 Å². The highest BCUT2D eigenvalue weighted by Crippen LogP contribution is 2.32. The minimum absolute atomic E-state index is 0.170. The van der Waals surface area contributed by atoms with Gasteiger partial charge in [-0.2, -0.15) is 5.26 Å². The third-order valence-corrected chi connectivity index (χ3v) is 5.57. The molecule has 3 aromatic rings. The van der Waals surface area contributed by atoms with E-state index < -0.39 is 30.8 Å². The number of amides is 1. The van der Waals surface area contributed by atoms with Gasteiger partial charge in [0.25, 0.3) is 5.92 Å². The van der Waals surface area contributed by atoms with Gasteiger partial charge in [0.2, 0.25) is 5.91 Å². The number of hydrogen-bond acceptors (Lipinski definition) is 5. The maximum absolute atomic E-state index is 13.6. The van der Waals surface area contributed by atoms with Gasteiger partial charge < -0.3 is 9.30 Å². The lowest BCUT2D eigenvalue weighted by atomic mass is 10.0. The van der Waals surface area contributed by atoms with Crippen molar-refractivity contribution in [2.45, 2.75) is 31.2 Å². The molecule has 33 heavy (non-hydrogen) atoms. The number of halogens is 3. The zero-order valence-corrected chi connectivity index (χ0v) is 18.0. The summed E-state index contributed by atoms with van der Waals surface area (Å²) in [6.45, 7) is -0.800. The molecule has 1 fully saturated rings. The second-order valence-electron chi connectivity index (χ2n) is 7.72. The fraction of sp³-hybridized carbons (Fsp3) is 0.261. The monoisotopic (exact) mass is 469 g/mol. The summed E-state index contributed by atoms with van der Waals surface area (Å²) in [6, 6.07) is 5.56. The molecule has 3 aromatic heterocycles. The maximum Gasteiger partial charge on any atom is 0.268 e. The van der Waals surface area contributed by atoms with Crippen LogP contribution in [0.25, 0.3) is 17.8 Å². The second kappa shape index (κ2) is 9.08. The lowest BCUT2D eigenvalue weighted by Gasteiger charge is -2.18. The highest BCUT2D eigenvalue weighted by Gasteiger charge is 2.47. The summed E-state index contributed by atoms with van der Waals surface area (Å²) in [5, 5.41) is 9.62. The van der Waals surface area contributed by atoms with Crippen molar-refractivity contribution in [3.8, 4) is 6.07 Å². The van der Waals surface area contributed by atoms with Crippen LogP contribution in [0.3, 0.4) is 0 Å². The molecular formula is C23H18ClF2N5O2. The fourth-order valence-electron chi connectivity index (χ4n) is 3.72. The SMILES string of the molecule is N#C[C@@H]1CC(F)(F)CN1C(=O)CCC(=O)c1ccncc1/C=C/c1cn2ccc(Cl)cc2n1. The molecule has 1 amide bonds. The molecule has 4 rings (SSSR count). The third-order valence-electron chi connectivity index (χ3n) is 5.33. The zero-order chi connectivity index (χ0) is 23.6. The number of likely N-dealkylation sites (tertiary alicyclic amines) is 1. The molecule has 10 heteroatoms. The Labute approximate surface area is 192 Å². The summed E-state index contributed by atoms with van der Waals surface area (Å²) in [5.74, 6) is -4.06. The number of rotatable bonds is 6. The molecule has 0 N–H and O–H groups in total. The largest absolute Gasteiger partial charge is 0.320 e. The average molecular weight is 470 g/mol. The lowest BCUT2D eigenvalue weighted by Crippen LogP contribution is -2.36. The number of nitriles is 1. The van der Waals surface area contributed by atoms with E-state index in [1.165, 1.54) is 18.5 Å². The van der Waals surface area contributed by atoms with E-state index in [-0.39, 0.29) is 18.6 Å². The summed E-state index contributed by atoms with van der Waals surface area (Å²) in [6.07, 6.45) is 8.88. The minimum Gasteiger partial charge on any atom is -0.320 e. The maximum atomic E-state index is 13.6. The molecule has 7 nitrogen and oxygen atoms in total. The Morgan fingerprint density at radius 2 is 2.12 bits per heavy atom. The van der Waals surface area contributed by atoms with Gasteiger partial charge >= 0.3 is 0 Å². The van der Waals surface area contributed by atoms with Gasteiger partial charge in [-0.25, -0.2) is 13.8 Å². The first-order valence-electron chi connectivity index (χ1n) is 10.1. The van der Waals surface area contributed by atoms with Crippen LogP contribution in [0.15, 0.2) is 43.0 Å². The van der Waals surface area contributed by atoms with Crippen molar-refractivity contribution in [3.63, 3.8) is 0 Å². The predicted octanol–water partition coefficient (Wildman–Crippen LogP) is 4.28. The van der Waals surface area contributed by atoms with Gasteiger partial charge in [0.05, 0.1) is 18.3 Å². The molecule has 0 saturated carbocycles. The van der Waals surface area contributed by atoms with E-state index in [4.69, 9.17) is 16.9 Å². The Kier molecular flexibility index (Phi) is 6.20. The molecule has 1 aliphatic heterocycles. The van der Waals surface area contributed by atoms with E-state index >= 15 is 0 Å². The number of fused-ring (bicyclic) bond motifs is 1. The average Bonchev–Trinajstić information content (AvgIpc) is 3.34. The molecule has 1 saturated heterocycles. The molecular weight excluding hydrogens is 452 g/mol. The molecule has 1 aliphatic rings. The van der Waals surface area contributed by atoms with Crippen molar-refractivity contribution >= 4 is 41.1 Å². The van der Waals surface area contributed by atoms with Crippen molar-refractivity contribution in [1.29, 1.82) is 5.26 Å². The molecule has 0 spiro atoms. The van der Waals surface area contributed by atoms with E-state index in [0.29, 0.717) is 27.5 Å². The highest BCUT2D eigenvalue weighted by molar-refractivity contribution is 6.30. The van der Waals surface area contributed by atoms with E-state index in [2.05, 4.69) is 9.97 Å². The Morgan fingerprint density at radius 1 is 1.30 bits per heavy atom. The van der Waals surface area contributed by atoms with Crippen molar-refractivity contribution < 1.29 is 18.4 Å². The number of carbonyl (C=O) groups excluding carboxylic acids is 2. The zero-order valence-electron chi connectivity index (χ0n) is 17.3. The molecule has 0 bridgehead atoms. The Hall–Kier alpha value is -3.64. The molecule has 0 aromatic carbocycles. The fourth-order valence-corrected chi connectivity index (χ4v) is 3.87. The van der Waals surface area contributed by atoms with Crippen LogP contribution in [-0.2, 0) is 4.79 Å². The molecule has 168 valence electrons. The normalized spacial score (nSPS) is 17.5. The topological polar surface area (TPSA) is 91.4 Å². The summed E-state index contributed by atoms with van der Waals surface area (Å²) in [5.41, 5.74) is 2.20. The number of ketones is 1. The number of pyridine rings is 2. The van der Waals surface area contributed by atoms with Gasteiger partial charge in [0.1, 0.15) is 11.7 Å². The lowest BCUT2D eigenvalue weighted by molar-refractivity contribution is -0.132. The number of imidazole rings is 1. The second-order valence-corrected chi connectivity index (χ2v) is 8.16. The van der Waals surface area contributed by atoms with Gasteiger partial charge in [-0.3, -0.25) is 14.6 Å². The first-order chi connectivity index (χ1) is 15.8.